The third kappa shape index (κ3) is 2.42. The monoisotopic (exact) mass is 195 g/mol. The van der Waals surface area contributed by atoms with Gasteiger partial charge in [0.05, 0.1) is 6.21 Å². The van der Waals surface area contributed by atoms with E-state index in [4.69, 9.17) is 11.6 Å². The Kier molecular flexibility index (Phi) is 2.45. The van der Waals surface area contributed by atoms with Crippen LogP contribution in [0.2, 0.25) is 5.15 Å². The number of rotatable bonds is 3. The zero-order valence-electron chi connectivity index (χ0n) is 7.07. The lowest BCUT2D eigenvalue weighted by Crippen LogP contribution is -2.07. The summed E-state index contributed by atoms with van der Waals surface area (Å²) in [6.45, 7) is 0. The minimum absolute atomic E-state index is 0.490. The van der Waals surface area contributed by atoms with Gasteiger partial charge in [0, 0.05) is 17.8 Å². The highest BCUT2D eigenvalue weighted by Crippen LogP contribution is 2.18. The topological polar surface area (TPSA) is 37.3 Å². The summed E-state index contributed by atoms with van der Waals surface area (Å²) in [4.78, 5) is 3.94. The maximum absolute atomic E-state index is 5.83. The molecule has 1 aliphatic rings. The molecule has 0 radical (unpaired) electrons. The van der Waals surface area contributed by atoms with Gasteiger partial charge in [-0.15, -0.1) is 0 Å². The van der Waals surface area contributed by atoms with Gasteiger partial charge in [0.15, 0.2) is 0 Å². The average molecular weight is 196 g/mol. The van der Waals surface area contributed by atoms with Crippen molar-refractivity contribution in [1.82, 2.24) is 10.4 Å². The van der Waals surface area contributed by atoms with Crippen LogP contribution in [0.4, 0.5) is 0 Å². The van der Waals surface area contributed by atoms with Crippen LogP contribution in [-0.2, 0) is 0 Å². The number of hydrogen-bond acceptors (Lipinski definition) is 3. The number of aromatic nitrogens is 1. The predicted octanol–water partition coefficient (Wildman–Crippen LogP) is 1.82. The normalized spacial score (nSPS) is 16.4. The summed E-state index contributed by atoms with van der Waals surface area (Å²) < 4.78 is 0. The van der Waals surface area contributed by atoms with Crippen LogP contribution in [0.5, 0.6) is 0 Å². The first kappa shape index (κ1) is 8.51. The maximum Gasteiger partial charge on any atom is 0.137 e. The number of hydrazone groups is 1. The molecule has 4 heteroatoms. The minimum atomic E-state index is 0.490. The Morgan fingerprint density at radius 3 is 3.15 bits per heavy atom. The van der Waals surface area contributed by atoms with Gasteiger partial charge in [-0.3, -0.25) is 0 Å². The quantitative estimate of drug-likeness (QED) is 0.454. The zero-order valence-corrected chi connectivity index (χ0v) is 7.83. The van der Waals surface area contributed by atoms with Crippen molar-refractivity contribution in [3.63, 3.8) is 0 Å². The maximum atomic E-state index is 5.83. The molecule has 0 aromatic carbocycles. The van der Waals surface area contributed by atoms with Crippen LogP contribution < -0.4 is 5.43 Å². The van der Waals surface area contributed by atoms with Crippen LogP contribution in [0.1, 0.15) is 18.4 Å². The Morgan fingerprint density at radius 2 is 2.46 bits per heavy atom. The SMILES string of the molecule is Clc1ncccc1/C=N/NC1CC1. The van der Waals surface area contributed by atoms with Gasteiger partial charge in [-0.05, 0) is 25.0 Å². The summed E-state index contributed by atoms with van der Waals surface area (Å²) >= 11 is 5.83. The lowest BCUT2D eigenvalue weighted by molar-refractivity contribution is 0.741. The van der Waals surface area contributed by atoms with Crippen molar-refractivity contribution in [2.24, 2.45) is 5.10 Å². The molecule has 0 amide bonds. The van der Waals surface area contributed by atoms with Crippen molar-refractivity contribution in [3.8, 4) is 0 Å². The third-order valence-electron chi connectivity index (χ3n) is 1.83. The van der Waals surface area contributed by atoms with E-state index in [0.717, 1.165) is 5.56 Å². The highest BCUT2D eigenvalue weighted by molar-refractivity contribution is 6.31. The van der Waals surface area contributed by atoms with Crippen molar-refractivity contribution in [2.75, 3.05) is 0 Å². The molecule has 1 saturated carbocycles. The largest absolute Gasteiger partial charge is 0.307 e. The number of halogens is 1. The highest BCUT2D eigenvalue weighted by Gasteiger charge is 2.19. The van der Waals surface area contributed by atoms with E-state index < -0.39 is 0 Å². The lowest BCUT2D eigenvalue weighted by Gasteiger charge is -1.96. The van der Waals surface area contributed by atoms with E-state index in [1.165, 1.54) is 12.8 Å². The van der Waals surface area contributed by atoms with Gasteiger partial charge < -0.3 is 5.43 Å². The smallest absolute Gasteiger partial charge is 0.137 e. The molecule has 0 saturated heterocycles. The molecule has 13 heavy (non-hydrogen) atoms. The Morgan fingerprint density at radius 1 is 1.62 bits per heavy atom. The summed E-state index contributed by atoms with van der Waals surface area (Å²) in [5.41, 5.74) is 3.86. The van der Waals surface area contributed by atoms with Crippen molar-refractivity contribution in [2.45, 2.75) is 18.9 Å². The molecule has 68 valence electrons. The number of hydrogen-bond donors (Lipinski definition) is 1. The molecule has 1 aromatic rings. The number of pyridine rings is 1. The van der Waals surface area contributed by atoms with E-state index in [-0.39, 0.29) is 0 Å². The van der Waals surface area contributed by atoms with Crippen LogP contribution in [0.25, 0.3) is 0 Å². The van der Waals surface area contributed by atoms with Gasteiger partial charge in [-0.2, -0.15) is 5.10 Å². The van der Waals surface area contributed by atoms with E-state index >= 15 is 0 Å². The molecule has 1 N–H and O–H groups in total. The molecule has 3 nitrogen and oxygen atoms in total. The summed E-state index contributed by atoms with van der Waals surface area (Å²) in [7, 11) is 0. The Balaban J connectivity index is 1.99. The Hall–Kier alpha value is -1.09. The average Bonchev–Trinajstić information content (AvgIpc) is 2.92. The molecular formula is C9H10ClN3. The van der Waals surface area contributed by atoms with Gasteiger partial charge in [0.25, 0.3) is 0 Å². The first-order valence-corrected chi connectivity index (χ1v) is 4.63. The molecule has 1 fully saturated rings. The number of nitrogens with zero attached hydrogens (tertiary/aromatic N) is 2. The van der Waals surface area contributed by atoms with Crippen LogP contribution in [0.3, 0.4) is 0 Å². The fraction of sp³-hybridized carbons (Fsp3) is 0.333. The van der Waals surface area contributed by atoms with Crippen LogP contribution >= 0.6 is 11.6 Å². The molecule has 1 aromatic heterocycles. The summed E-state index contributed by atoms with van der Waals surface area (Å²) in [6.07, 6.45) is 5.80. The summed E-state index contributed by atoms with van der Waals surface area (Å²) in [5.74, 6) is 0. The molecule has 0 atom stereocenters. The van der Waals surface area contributed by atoms with E-state index in [1.807, 2.05) is 12.1 Å². The van der Waals surface area contributed by atoms with Crippen molar-refractivity contribution < 1.29 is 0 Å². The summed E-state index contributed by atoms with van der Waals surface area (Å²) in [5, 5.41) is 4.55. The van der Waals surface area contributed by atoms with Crippen molar-refractivity contribution in [1.29, 1.82) is 0 Å². The van der Waals surface area contributed by atoms with E-state index in [1.54, 1.807) is 12.4 Å². The molecule has 0 unspecified atom stereocenters. The predicted molar refractivity (Wildman–Crippen MR) is 53.0 cm³/mol. The van der Waals surface area contributed by atoms with Gasteiger partial charge in [-0.25, -0.2) is 4.98 Å². The van der Waals surface area contributed by atoms with Crippen LogP contribution in [0, 0.1) is 0 Å². The van der Waals surface area contributed by atoms with E-state index in [9.17, 15) is 0 Å². The van der Waals surface area contributed by atoms with Gasteiger partial charge in [-0.1, -0.05) is 11.6 Å². The Bertz CT molecular complexity index is 320. The fourth-order valence-corrected chi connectivity index (χ4v) is 1.09. The Labute approximate surface area is 81.8 Å². The van der Waals surface area contributed by atoms with E-state index in [0.29, 0.717) is 11.2 Å². The second-order valence-corrected chi connectivity index (χ2v) is 3.40. The molecular weight excluding hydrogens is 186 g/mol. The van der Waals surface area contributed by atoms with Crippen molar-refractivity contribution >= 4 is 17.8 Å². The molecule has 1 heterocycles. The first-order valence-electron chi connectivity index (χ1n) is 4.25. The molecule has 2 rings (SSSR count). The molecule has 0 bridgehead atoms. The highest BCUT2D eigenvalue weighted by atomic mass is 35.5. The summed E-state index contributed by atoms with van der Waals surface area (Å²) in [6, 6.07) is 4.30. The molecule has 0 aliphatic heterocycles. The second-order valence-electron chi connectivity index (χ2n) is 3.05. The first-order chi connectivity index (χ1) is 6.36. The number of nitrogens with one attached hydrogen (secondary N) is 1. The lowest BCUT2D eigenvalue weighted by atomic mass is 10.3. The third-order valence-corrected chi connectivity index (χ3v) is 2.14. The minimum Gasteiger partial charge on any atom is -0.307 e. The van der Waals surface area contributed by atoms with Crippen molar-refractivity contribution in [3.05, 3.63) is 29.0 Å². The van der Waals surface area contributed by atoms with Gasteiger partial charge in [0.2, 0.25) is 0 Å². The van der Waals surface area contributed by atoms with Crippen LogP contribution in [0.15, 0.2) is 23.4 Å². The van der Waals surface area contributed by atoms with E-state index in [2.05, 4.69) is 15.5 Å². The second kappa shape index (κ2) is 3.75. The zero-order chi connectivity index (χ0) is 9.10. The molecule has 1 aliphatic carbocycles. The van der Waals surface area contributed by atoms with Gasteiger partial charge >= 0.3 is 0 Å². The fourth-order valence-electron chi connectivity index (χ4n) is 0.919. The van der Waals surface area contributed by atoms with Crippen LogP contribution in [-0.4, -0.2) is 17.2 Å². The van der Waals surface area contributed by atoms with Gasteiger partial charge in [0.1, 0.15) is 5.15 Å². The standard InChI is InChI=1S/C9H10ClN3/c10-9-7(2-1-5-11-9)6-12-13-8-3-4-8/h1-2,5-6,8,13H,3-4H2/b12-6+. The molecule has 0 spiro atoms.